The Balaban J connectivity index is 2.25. The van der Waals surface area contributed by atoms with Gasteiger partial charge in [-0.15, -0.1) is 0 Å². The second-order valence-electron chi connectivity index (χ2n) is 5.93. The Morgan fingerprint density at radius 2 is 1.80 bits per heavy atom. The van der Waals surface area contributed by atoms with Crippen molar-refractivity contribution in [3.05, 3.63) is 44.6 Å². The highest BCUT2D eigenvalue weighted by Gasteiger charge is 2.12. The molecule has 0 fully saturated rings. The zero-order chi connectivity index (χ0) is 14.9. The third-order valence-electron chi connectivity index (χ3n) is 2.83. The summed E-state index contributed by atoms with van der Waals surface area (Å²) in [5.41, 5.74) is 3.35. The van der Waals surface area contributed by atoms with Gasteiger partial charge in [-0.05, 0) is 83.3 Å². The summed E-state index contributed by atoms with van der Waals surface area (Å²) in [4.78, 5) is 0. The van der Waals surface area contributed by atoms with Crippen LogP contribution in [0.4, 0.5) is 0 Å². The molecule has 0 radical (unpaired) electrons. The molecule has 0 saturated carbocycles. The van der Waals surface area contributed by atoms with Crippen LogP contribution in [0.2, 0.25) is 0 Å². The summed E-state index contributed by atoms with van der Waals surface area (Å²) < 4.78 is 3.96. The van der Waals surface area contributed by atoms with Gasteiger partial charge in [-0.1, -0.05) is 0 Å². The van der Waals surface area contributed by atoms with E-state index < -0.39 is 0 Å². The molecule has 1 N–H and O–H groups in total. The van der Waals surface area contributed by atoms with E-state index in [4.69, 9.17) is 0 Å². The molecular formula is C15H19Br2N3. The Kier molecular flexibility index (Phi) is 4.72. The zero-order valence-electron chi connectivity index (χ0n) is 12.2. The molecule has 0 aliphatic heterocycles. The fourth-order valence-electron chi connectivity index (χ4n) is 1.85. The highest BCUT2D eigenvalue weighted by atomic mass is 79.9. The lowest BCUT2D eigenvalue weighted by atomic mass is 10.1. The van der Waals surface area contributed by atoms with Gasteiger partial charge in [0.1, 0.15) is 0 Å². The molecule has 0 atom stereocenters. The number of aromatic nitrogens is 2. The molecule has 0 bridgehead atoms. The van der Waals surface area contributed by atoms with Crippen LogP contribution in [0, 0.1) is 6.92 Å². The van der Waals surface area contributed by atoms with Crippen molar-refractivity contribution in [1.82, 2.24) is 15.1 Å². The Hall–Kier alpha value is -0.650. The van der Waals surface area contributed by atoms with Gasteiger partial charge in [-0.25, -0.2) is 4.68 Å². The Morgan fingerprint density at radius 1 is 1.20 bits per heavy atom. The average molecular weight is 401 g/mol. The summed E-state index contributed by atoms with van der Waals surface area (Å²) in [6, 6.07) is 6.22. The summed E-state index contributed by atoms with van der Waals surface area (Å²) in [6.45, 7) is 9.28. The molecule has 3 nitrogen and oxygen atoms in total. The molecule has 1 aromatic heterocycles. The number of halogens is 2. The van der Waals surface area contributed by atoms with Gasteiger partial charge in [0, 0.05) is 27.2 Å². The van der Waals surface area contributed by atoms with E-state index in [1.807, 2.05) is 16.9 Å². The molecule has 5 heteroatoms. The van der Waals surface area contributed by atoms with Gasteiger partial charge >= 0.3 is 0 Å². The topological polar surface area (TPSA) is 29.9 Å². The monoisotopic (exact) mass is 399 g/mol. The first kappa shape index (κ1) is 15.7. The lowest BCUT2D eigenvalue weighted by Crippen LogP contribution is -2.35. The van der Waals surface area contributed by atoms with Crippen LogP contribution in [-0.4, -0.2) is 15.3 Å². The zero-order valence-corrected chi connectivity index (χ0v) is 15.3. The van der Waals surface area contributed by atoms with Crippen LogP contribution in [0.3, 0.4) is 0 Å². The van der Waals surface area contributed by atoms with Gasteiger partial charge in [-0.3, -0.25) is 0 Å². The Bertz CT molecular complexity index is 589. The number of benzene rings is 1. The van der Waals surface area contributed by atoms with Crippen molar-refractivity contribution in [3.8, 4) is 5.69 Å². The van der Waals surface area contributed by atoms with Gasteiger partial charge in [-0.2, -0.15) is 5.10 Å². The molecular weight excluding hydrogens is 382 g/mol. The van der Waals surface area contributed by atoms with E-state index in [-0.39, 0.29) is 5.54 Å². The first-order valence-corrected chi connectivity index (χ1v) is 8.10. The quantitative estimate of drug-likeness (QED) is 0.816. The summed E-state index contributed by atoms with van der Waals surface area (Å²) in [7, 11) is 0. The lowest BCUT2D eigenvalue weighted by Gasteiger charge is -2.19. The van der Waals surface area contributed by atoms with Crippen LogP contribution in [-0.2, 0) is 6.54 Å². The minimum Gasteiger partial charge on any atom is -0.306 e. The van der Waals surface area contributed by atoms with Crippen molar-refractivity contribution in [2.75, 3.05) is 0 Å². The van der Waals surface area contributed by atoms with Gasteiger partial charge in [0.2, 0.25) is 0 Å². The van der Waals surface area contributed by atoms with E-state index >= 15 is 0 Å². The molecule has 0 spiro atoms. The maximum atomic E-state index is 4.63. The maximum absolute atomic E-state index is 4.63. The summed E-state index contributed by atoms with van der Waals surface area (Å²) in [6.07, 6.45) is 1.99. The van der Waals surface area contributed by atoms with Crippen LogP contribution < -0.4 is 5.32 Å². The molecule has 0 amide bonds. The molecule has 2 aromatic rings. The number of nitrogens with one attached hydrogen (secondary N) is 1. The standard InChI is InChI=1S/C15H19Br2N3/c1-10-7-12(16)14(13(17)8-10)20-6-5-11(19-20)9-18-15(2,3)4/h5-8,18H,9H2,1-4H3. The fourth-order valence-corrected chi connectivity index (χ4v) is 3.63. The first-order chi connectivity index (χ1) is 9.26. The predicted octanol–water partition coefficient (Wildman–Crippen LogP) is 4.59. The highest BCUT2D eigenvalue weighted by molar-refractivity contribution is 9.11. The lowest BCUT2D eigenvalue weighted by molar-refractivity contribution is 0.420. The predicted molar refractivity (Wildman–Crippen MR) is 90.3 cm³/mol. The largest absolute Gasteiger partial charge is 0.306 e. The van der Waals surface area contributed by atoms with Crippen LogP contribution >= 0.6 is 31.9 Å². The summed E-state index contributed by atoms with van der Waals surface area (Å²) in [5, 5.41) is 8.07. The van der Waals surface area contributed by atoms with E-state index in [1.54, 1.807) is 0 Å². The first-order valence-electron chi connectivity index (χ1n) is 6.52. The van der Waals surface area contributed by atoms with Crippen molar-refractivity contribution in [2.45, 2.75) is 39.8 Å². The van der Waals surface area contributed by atoms with Gasteiger partial charge in [0.15, 0.2) is 0 Å². The third kappa shape index (κ3) is 3.93. The van der Waals surface area contributed by atoms with Crippen LogP contribution in [0.1, 0.15) is 32.0 Å². The van der Waals surface area contributed by atoms with E-state index in [2.05, 4.69) is 82.1 Å². The maximum Gasteiger partial charge on any atom is 0.0929 e. The molecule has 0 unspecified atom stereocenters. The van der Waals surface area contributed by atoms with Gasteiger partial charge < -0.3 is 5.32 Å². The van der Waals surface area contributed by atoms with E-state index in [0.29, 0.717) is 0 Å². The number of aryl methyl sites for hydroxylation is 1. The highest BCUT2D eigenvalue weighted by Crippen LogP contribution is 2.30. The van der Waals surface area contributed by atoms with Crippen molar-refractivity contribution in [3.63, 3.8) is 0 Å². The minimum atomic E-state index is 0.0921. The Morgan fingerprint density at radius 3 is 2.35 bits per heavy atom. The van der Waals surface area contributed by atoms with Crippen LogP contribution in [0.25, 0.3) is 5.69 Å². The van der Waals surface area contributed by atoms with Crippen LogP contribution in [0.15, 0.2) is 33.3 Å². The molecule has 1 aromatic carbocycles. The molecule has 1 heterocycles. The number of nitrogens with zero attached hydrogens (tertiary/aromatic N) is 2. The number of hydrogen-bond acceptors (Lipinski definition) is 2. The molecule has 108 valence electrons. The normalized spacial score (nSPS) is 11.9. The Labute approximate surface area is 137 Å². The van der Waals surface area contributed by atoms with E-state index in [0.717, 1.165) is 26.9 Å². The second-order valence-corrected chi connectivity index (χ2v) is 7.64. The minimum absolute atomic E-state index is 0.0921. The van der Waals surface area contributed by atoms with Crippen LogP contribution in [0.5, 0.6) is 0 Å². The molecule has 20 heavy (non-hydrogen) atoms. The number of hydrogen-bond donors (Lipinski definition) is 1. The summed E-state index contributed by atoms with van der Waals surface area (Å²) >= 11 is 7.22. The SMILES string of the molecule is Cc1cc(Br)c(-n2ccc(CNC(C)(C)C)n2)c(Br)c1. The molecule has 0 saturated heterocycles. The van der Waals surface area contributed by atoms with Crippen molar-refractivity contribution in [2.24, 2.45) is 0 Å². The fraction of sp³-hybridized carbons (Fsp3) is 0.400. The number of rotatable bonds is 3. The summed E-state index contributed by atoms with van der Waals surface area (Å²) in [5.74, 6) is 0. The van der Waals surface area contributed by atoms with E-state index in [1.165, 1.54) is 5.56 Å². The molecule has 2 rings (SSSR count). The van der Waals surface area contributed by atoms with Crippen molar-refractivity contribution < 1.29 is 0 Å². The van der Waals surface area contributed by atoms with E-state index in [9.17, 15) is 0 Å². The third-order valence-corrected chi connectivity index (χ3v) is 4.04. The molecule has 0 aliphatic rings. The van der Waals surface area contributed by atoms with Gasteiger partial charge in [0.05, 0.1) is 11.4 Å². The average Bonchev–Trinajstić information content (AvgIpc) is 2.72. The van der Waals surface area contributed by atoms with Gasteiger partial charge in [0.25, 0.3) is 0 Å². The second kappa shape index (κ2) is 6.00. The van der Waals surface area contributed by atoms with Crippen molar-refractivity contribution >= 4 is 31.9 Å². The molecule has 0 aliphatic carbocycles. The van der Waals surface area contributed by atoms with Crippen molar-refractivity contribution in [1.29, 1.82) is 0 Å². The smallest absolute Gasteiger partial charge is 0.0929 e.